The van der Waals surface area contributed by atoms with Crippen LogP contribution in [0.5, 0.6) is 0 Å². The van der Waals surface area contributed by atoms with E-state index in [2.05, 4.69) is 0 Å². The molecule has 1 atom stereocenters. The second kappa shape index (κ2) is 7.22. The zero-order valence-electron chi connectivity index (χ0n) is 12.0. The number of ketones is 1. The highest BCUT2D eigenvalue weighted by molar-refractivity contribution is 6.00. The number of hydrogen-bond donors (Lipinski definition) is 0. The molecule has 0 aromatic heterocycles. The fourth-order valence-electron chi connectivity index (χ4n) is 2.77. The van der Waals surface area contributed by atoms with Crippen molar-refractivity contribution in [3.05, 3.63) is 35.9 Å². The number of benzene rings is 1. The second-order valence-corrected chi connectivity index (χ2v) is 5.55. The molecule has 0 N–H and O–H groups in total. The molecule has 1 saturated carbocycles. The fraction of sp³-hybridized carbons (Fsp3) is 0.529. The lowest BCUT2D eigenvalue weighted by atomic mass is 10.0. The lowest BCUT2D eigenvalue weighted by Gasteiger charge is -2.13. The summed E-state index contributed by atoms with van der Waals surface area (Å²) in [5.74, 6) is 0.274. The molecular formula is C17H22O3. The van der Waals surface area contributed by atoms with E-state index < -0.39 is 6.10 Å². The summed E-state index contributed by atoms with van der Waals surface area (Å²) < 4.78 is 5.24. The van der Waals surface area contributed by atoms with Crippen molar-refractivity contribution in [1.29, 1.82) is 0 Å². The monoisotopic (exact) mass is 274 g/mol. The van der Waals surface area contributed by atoms with Gasteiger partial charge in [-0.1, -0.05) is 56.0 Å². The largest absolute Gasteiger partial charge is 0.454 e. The molecule has 3 heteroatoms. The molecule has 1 fully saturated rings. The van der Waals surface area contributed by atoms with Crippen LogP contribution in [-0.2, 0) is 9.53 Å². The zero-order valence-corrected chi connectivity index (χ0v) is 12.0. The van der Waals surface area contributed by atoms with E-state index >= 15 is 0 Å². The maximum Gasteiger partial charge on any atom is 0.306 e. The molecule has 0 radical (unpaired) electrons. The molecule has 3 nitrogen and oxygen atoms in total. The van der Waals surface area contributed by atoms with Crippen LogP contribution >= 0.6 is 0 Å². The van der Waals surface area contributed by atoms with Crippen molar-refractivity contribution in [2.75, 3.05) is 0 Å². The highest BCUT2D eigenvalue weighted by atomic mass is 16.5. The van der Waals surface area contributed by atoms with Crippen LogP contribution in [0.3, 0.4) is 0 Å². The molecule has 0 bridgehead atoms. The van der Waals surface area contributed by atoms with E-state index in [1.54, 1.807) is 19.1 Å². The fourth-order valence-corrected chi connectivity index (χ4v) is 2.77. The van der Waals surface area contributed by atoms with Gasteiger partial charge in [0.2, 0.25) is 5.78 Å². The van der Waals surface area contributed by atoms with Crippen molar-refractivity contribution in [3.63, 3.8) is 0 Å². The predicted octanol–water partition coefficient (Wildman–Crippen LogP) is 3.77. The summed E-state index contributed by atoms with van der Waals surface area (Å²) in [4.78, 5) is 23.8. The molecule has 0 aliphatic heterocycles. The number of esters is 1. The van der Waals surface area contributed by atoms with Crippen molar-refractivity contribution >= 4 is 11.8 Å². The number of hydrogen-bond acceptors (Lipinski definition) is 3. The molecule has 1 aromatic rings. The first-order valence-corrected chi connectivity index (χ1v) is 7.45. The minimum absolute atomic E-state index is 0.139. The molecule has 1 aliphatic rings. The van der Waals surface area contributed by atoms with Gasteiger partial charge < -0.3 is 4.74 Å². The number of ether oxygens (including phenoxy) is 1. The first-order chi connectivity index (χ1) is 9.66. The predicted molar refractivity (Wildman–Crippen MR) is 77.5 cm³/mol. The zero-order chi connectivity index (χ0) is 14.4. The quantitative estimate of drug-likeness (QED) is 0.586. The van der Waals surface area contributed by atoms with Crippen LogP contribution in [-0.4, -0.2) is 17.9 Å². The summed E-state index contributed by atoms with van der Waals surface area (Å²) in [5, 5.41) is 0. The summed E-state index contributed by atoms with van der Waals surface area (Å²) in [7, 11) is 0. The van der Waals surface area contributed by atoms with E-state index in [9.17, 15) is 9.59 Å². The normalized spacial score (nSPS) is 16.9. The molecule has 0 heterocycles. The lowest BCUT2D eigenvalue weighted by molar-refractivity contribution is -0.146. The van der Waals surface area contributed by atoms with Gasteiger partial charge in [0, 0.05) is 12.0 Å². The SMILES string of the molecule is CC(OC(=O)CCC1CCCC1)C(=O)c1ccccc1. The molecule has 1 unspecified atom stereocenters. The molecule has 20 heavy (non-hydrogen) atoms. The highest BCUT2D eigenvalue weighted by Gasteiger charge is 2.21. The average Bonchev–Trinajstić information content (AvgIpc) is 2.98. The first-order valence-electron chi connectivity index (χ1n) is 7.45. The Morgan fingerprint density at radius 1 is 1.20 bits per heavy atom. The Morgan fingerprint density at radius 3 is 2.50 bits per heavy atom. The van der Waals surface area contributed by atoms with Crippen LogP contribution in [0.2, 0.25) is 0 Å². The molecule has 0 spiro atoms. The van der Waals surface area contributed by atoms with Gasteiger partial charge in [0.1, 0.15) is 0 Å². The topological polar surface area (TPSA) is 43.4 Å². The van der Waals surface area contributed by atoms with Gasteiger partial charge in [0.05, 0.1) is 0 Å². The number of carbonyl (C=O) groups excluding carboxylic acids is 2. The van der Waals surface area contributed by atoms with Crippen LogP contribution in [0.15, 0.2) is 30.3 Å². The smallest absolute Gasteiger partial charge is 0.306 e. The summed E-state index contributed by atoms with van der Waals surface area (Å²) in [6.07, 6.45) is 5.64. The molecular weight excluding hydrogens is 252 g/mol. The van der Waals surface area contributed by atoms with Crippen molar-refractivity contribution < 1.29 is 14.3 Å². The van der Waals surface area contributed by atoms with E-state index in [1.165, 1.54) is 25.7 Å². The van der Waals surface area contributed by atoms with Crippen molar-refractivity contribution in [2.24, 2.45) is 5.92 Å². The van der Waals surface area contributed by atoms with Gasteiger partial charge in [0.25, 0.3) is 0 Å². The minimum atomic E-state index is -0.700. The lowest BCUT2D eigenvalue weighted by Crippen LogP contribution is -2.24. The third kappa shape index (κ3) is 4.19. The third-order valence-corrected chi connectivity index (χ3v) is 3.97. The molecule has 1 aliphatic carbocycles. The van der Waals surface area contributed by atoms with E-state index in [1.807, 2.05) is 18.2 Å². The highest BCUT2D eigenvalue weighted by Crippen LogP contribution is 2.28. The maximum atomic E-state index is 12.1. The Morgan fingerprint density at radius 2 is 1.85 bits per heavy atom. The Labute approximate surface area is 120 Å². The van der Waals surface area contributed by atoms with Crippen LogP contribution in [0.1, 0.15) is 55.8 Å². The summed E-state index contributed by atoms with van der Waals surface area (Å²) >= 11 is 0. The summed E-state index contributed by atoms with van der Waals surface area (Å²) in [6.45, 7) is 1.64. The number of Topliss-reactive ketones (excluding diaryl/α,β-unsaturated/α-hetero) is 1. The third-order valence-electron chi connectivity index (χ3n) is 3.97. The minimum Gasteiger partial charge on any atom is -0.454 e. The van der Waals surface area contributed by atoms with Crippen LogP contribution in [0.25, 0.3) is 0 Å². The number of rotatable bonds is 6. The first kappa shape index (κ1) is 14.8. The van der Waals surface area contributed by atoms with Gasteiger partial charge in [0.15, 0.2) is 6.10 Å². The summed E-state index contributed by atoms with van der Waals surface area (Å²) in [6, 6.07) is 8.95. The Balaban J connectivity index is 1.77. The standard InChI is InChI=1S/C17H22O3/c1-13(17(19)15-9-3-2-4-10-15)20-16(18)12-11-14-7-5-6-8-14/h2-4,9-10,13-14H,5-8,11-12H2,1H3. The number of carbonyl (C=O) groups is 2. The Hall–Kier alpha value is -1.64. The van der Waals surface area contributed by atoms with Crippen molar-refractivity contribution in [2.45, 2.75) is 51.6 Å². The van der Waals surface area contributed by atoms with Crippen molar-refractivity contribution in [1.82, 2.24) is 0 Å². The van der Waals surface area contributed by atoms with Gasteiger partial charge >= 0.3 is 5.97 Å². The van der Waals surface area contributed by atoms with Crippen LogP contribution in [0, 0.1) is 5.92 Å². The van der Waals surface area contributed by atoms with Crippen LogP contribution < -0.4 is 0 Å². The van der Waals surface area contributed by atoms with Gasteiger partial charge in [-0.25, -0.2) is 0 Å². The van der Waals surface area contributed by atoms with E-state index in [-0.39, 0.29) is 11.8 Å². The maximum absolute atomic E-state index is 12.1. The second-order valence-electron chi connectivity index (χ2n) is 5.55. The summed E-state index contributed by atoms with van der Waals surface area (Å²) in [5.41, 5.74) is 0.587. The molecule has 1 aromatic carbocycles. The van der Waals surface area contributed by atoms with Gasteiger partial charge in [-0.05, 0) is 19.3 Å². The Bertz CT molecular complexity index is 447. The van der Waals surface area contributed by atoms with E-state index in [0.717, 1.165) is 6.42 Å². The van der Waals surface area contributed by atoms with E-state index in [4.69, 9.17) is 4.74 Å². The van der Waals surface area contributed by atoms with Gasteiger partial charge in [-0.15, -0.1) is 0 Å². The van der Waals surface area contributed by atoms with E-state index in [0.29, 0.717) is 17.9 Å². The molecule has 108 valence electrons. The molecule has 2 rings (SSSR count). The molecule has 0 saturated heterocycles. The van der Waals surface area contributed by atoms with Crippen LogP contribution in [0.4, 0.5) is 0 Å². The Kier molecular flexibility index (Phi) is 5.33. The average molecular weight is 274 g/mol. The molecule has 0 amide bonds. The van der Waals surface area contributed by atoms with Gasteiger partial charge in [-0.3, -0.25) is 9.59 Å². The van der Waals surface area contributed by atoms with Gasteiger partial charge in [-0.2, -0.15) is 0 Å². The van der Waals surface area contributed by atoms with Crippen molar-refractivity contribution in [3.8, 4) is 0 Å².